The molecule has 1 aliphatic heterocycles. The molecular formula is C25H24N2O2. The number of morpholine rings is 1. The van der Waals surface area contributed by atoms with Crippen LogP contribution in [0.2, 0.25) is 0 Å². The first-order valence-electron chi connectivity index (χ1n) is 11.8. The summed E-state index contributed by atoms with van der Waals surface area (Å²) in [6, 6.07) is 20.3. The van der Waals surface area contributed by atoms with E-state index in [0.717, 1.165) is 10.8 Å². The highest BCUT2D eigenvalue weighted by atomic mass is 16.5. The van der Waals surface area contributed by atoms with Gasteiger partial charge in [0.15, 0.2) is 5.78 Å². The van der Waals surface area contributed by atoms with Crippen molar-refractivity contribution in [2.75, 3.05) is 32.8 Å². The molecule has 0 radical (unpaired) electrons. The first kappa shape index (κ1) is 14.1. The number of benzene rings is 3. The minimum Gasteiger partial charge on any atom is -0.379 e. The molecule has 0 atom stereocenters. The number of hydrogen-bond acceptors (Lipinski definition) is 3. The fraction of sp³-hybridized carbons (Fsp3) is 0.240. The lowest BCUT2D eigenvalue weighted by molar-refractivity contribution is 0.0365. The summed E-state index contributed by atoms with van der Waals surface area (Å²) in [5.41, 5.74) is 1.36. The predicted octanol–water partition coefficient (Wildman–Crippen LogP) is 4.36. The number of para-hydroxylation sites is 1. The summed E-state index contributed by atoms with van der Waals surface area (Å²) in [6.45, 7) is -3.43. The lowest BCUT2D eigenvalue weighted by Crippen LogP contribution is -2.38. The lowest BCUT2D eigenvalue weighted by Gasteiger charge is -2.26. The quantitative estimate of drug-likeness (QED) is 0.477. The van der Waals surface area contributed by atoms with E-state index >= 15 is 0 Å². The molecule has 0 bridgehead atoms. The molecule has 29 heavy (non-hydrogen) atoms. The van der Waals surface area contributed by atoms with E-state index in [-0.39, 0.29) is 5.78 Å². The highest BCUT2D eigenvalue weighted by Gasteiger charge is 2.19. The smallest absolute Gasteiger partial charge is 0.195 e. The van der Waals surface area contributed by atoms with Crippen LogP contribution in [0.5, 0.6) is 0 Å². The third-order valence-corrected chi connectivity index (χ3v) is 5.33. The standard InChI is InChI=1S/C25H24N2O2/c28-25(22-10-5-7-19-6-1-2-8-20(19)22)23-18-27(24-11-4-3-9-21(23)24)13-12-26-14-16-29-17-15-26/h1-11,18H,12-17H2/i12D2,13D2. The molecule has 4 heteroatoms. The summed E-state index contributed by atoms with van der Waals surface area (Å²) >= 11 is 0. The van der Waals surface area contributed by atoms with E-state index in [1.165, 1.54) is 15.7 Å². The summed E-state index contributed by atoms with van der Waals surface area (Å²) in [5, 5.41) is 2.37. The molecule has 0 aliphatic carbocycles. The van der Waals surface area contributed by atoms with Gasteiger partial charge in [0.1, 0.15) is 0 Å². The maximum absolute atomic E-state index is 13.7. The van der Waals surface area contributed by atoms with Gasteiger partial charge in [-0.2, -0.15) is 0 Å². The number of hydrogen-bond donors (Lipinski definition) is 0. The van der Waals surface area contributed by atoms with Gasteiger partial charge in [-0.3, -0.25) is 9.69 Å². The molecular weight excluding hydrogens is 360 g/mol. The largest absolute Gasteiger partial charge is 0.379 e. The Kier molecular flexibility index (Phi) is 3.80. The van der Waals surface area contributed by atoms with Crippen molar-refractivity contribution in [1.82, 2.24) is 9.47 Å². The second-order valence-electron chi connectivity index (χ2n) is 7.11. The highest BCUT2D eigenvalue weighted by molar-refractivity contribution is 6.21. The fourth-order valence-corrected chi connectivity index (χ4v) is 3.82. The van der Waals surface area contributed by atoms with Crippen LogP contribution in [0.25, 0.3) is 21.7 Å². The number of aromatic nitrogens is 1. The molecule has 146 valence electrons. The number of carbonyl (C=O) groups is 1. The number of carbonyl (C=O) groups excluding carboxylic acids is 1. The Balaban J connectivity index is 1.65. The van der Waals surface area contributed by atoms with Crippen molar-refractivity contribution < 1.29 is 15.0 Å². The zero-order valence-electron chi connectivity index (χ0n) is 20.0. The Morgan fingerprint density at radius 1 is 0.862 bits per heavy atom. The summed E-state index contributed by atoms with van der Waals surface area (Å²) in [6.07, 6.45) is 1.47. The molecule has 5 rings (SSSR count). The van der Waals surface area contributed by atoms with Gasteiger partial charge in [0.25, 0.3) is 0 Å². The van der Waals surface area contributed by atoms with Gasteiger partial charge in [0.05, 0.1) is 16.0 Å². The molecule has 3 aromatic carbocycles. The van der Waals surface area contributed by atoms with E-state index in [1.54, 1.807) is 30.3 Å². The van der Waals surface area contributed by atoms with Gasteiger partial charge < -0.3 is 9.30 Å². The van der Waals surface area contributed by atoms with Crippen LogP contribution >= 0.6 is 0 Å². The summed E-state index contributed by atoms with van der Waals surface area (Å²) < 4.78 is 41.6. The van der Waals surface area contributed by atoms with Gasteiger partial charge in [-0.15, -0.1) is 0 Å². The van der Waals surface area contributed by atoms with E-state index in [1.807, 2.05) is 36.4 Å². The molecule has 0 N–H and O–H groups in total. The first-order chi connectivity index (χ1) is 15.8. The van der Waals surface area contributed by atoms with Crippen molar-refractivity contribution in [1.29, 1.82) is 0 Å². The van der Waals surface area contributed by atoms with Crippen LogP contribution in [-0.2, 0) is 11.2 Å². The van der Waals surface area contributed by atoms with Gasteiger partial charge in [0.2, 0.25) is 0 Å². The lowest BCUT2D eigenvalue weighted by atomic mass is 9.97. The van der Waals surface area contributed by atoms with Crippen molar-refractivity contribution in [3.05, 3.63) is 84.1 Å². The molecule has 1 aliphatic rings. The minimum atomic E-state index is -2.43. The number of ketones is 1. The third kappa shape index (κ3) is 3.46. The molecule has 4 nitrogen and oxygen atoms in total. The zero-order chi connectivity index (χ0) is 23.2. The maximum Gasteiger partial charge on any atom is 0.195 e. The number of ether oxygens (including phenoxy) is 1. The summed E-state index contributed by atoms with van der Waals surface area (Å²) in [4.78, 5) is 15.2. The molecule has 0 unspecified atom stereocenters. The minimum absolute atomic E-state index is 0.218. The number of rotatable bonds is 5. The second-order valence-corrected chi connectivity index (χ2v) is 7.11. The van der Waals surface area contributed by atoms with Crippen LogP contribution < -0.4 is 0 Å². The normalized spacial score (nSPS) is 18.2. The Hall–Kier alpha value is -2.95. The second kappa shape index (κ2) is 7.82. The van der Waals surface area contributed by atoms with E-state index in [4.69, 9.17) is 10.2 Å². The van der Waals surface area contributed by atoms with Crippen molar-refractivity contribution >= 4 is 27.5 Å². The van der Waals surface area contributed by atoms with Gasteiger partial charge in [-0.25, -0.2) is 0 Å². The average molecular weight is 389 g/mol. The van der Waals surface area contributed by atoms with Crippen molar-refractivity contribution in [3.63, 3.8) is 0 Å². The van der Waals surface area contributed by atoms with Crippen molar-refractivity contribution in [3.8, 4) is 0 Å². The molecule has 2 heterocycles. The van der Waals surface area contributed by atoms with Crippen molar-refractivity contribution in [2.45, 2.75) is 6.50 Å². The monoisotopic (exact) mass is 388 g/mol. The molecule has 0 amide bonds. The Labute approximate surface area is 175 Å². The van der Waals surface area contributed by atoms with E-state index in [9.17, 15) is 4.79 Å². The first-order valence-corrected chi connectivity index (χ1v) is 9.78. The van der Waals surface area contributed by atoms with Crippen LogP contribution in [0, 0.1) is 0 Å². The number of fused-ring (bicyclic) bond motifs is 2. The van der Waals surface area contributed by atoms with E-state index in [2.05, 4.69) is 0 Å². The van der Waals surface area contributed by atoms with E-state index < -0.39 is 13.0 Å². The summed E-state index contributed by atoms with van der Waals surface area (Å²) in [7, 11) is 0. The average Bonchev–Trinajstić information content (AvgIpc) is 3.24. The molecule has 0 spiro atoms. The predicted molar refractivity (Wildman–Crippen MR) is 117 cm³/mol. The van der Waals surface area contributed by atoms with Gasteiger partial charge in [-0.05, 0) is 16.8 Å². The Morgan fingerprint density at radius 2 is 1.59 bits per heavy atom. The van der Waals surface area contributed by atoms with Crippen LogP contribution in [0.15, 0.2) is 72.9 Å². The number of aryl methyl sites for hydroxylation is 1. The Bertz CT molecular complexity index is 1340. The third-order valence-electron chi connectivity index (χ3n) is 5.33. The van der Waals surface area contributed by atoms with Crippen LogP contribution in [0.3, 0.4) is 0 Å². The Morgan fingerprint density at radius 3 is 2.45 bits per heavy atom. The topological polar surface area (TPSA) is 34.5 Å². The van der Waals surface area contributed by atoms with Crippen LogP contribution in [0.1, 0.15) is 21.4 Å². The van der Waals surface area contributed by atoms with E-state index in [0.29, 0.717) is 48.3 Å². The SMILES string of the molecule is [2H]C([2H])(N1CCOCC1)C([2H])([2H])n1cc(C(=O)c2cccc3ccccc23)c2ccccc21. The molecule has 1 aromatic heterocycles. The zero-order valence-corrected chi connectivity index (χ0v) is 16.0. The van der Waals surface area contributed by atoms with Crippen LogP contribution in [-0.4, -0.2) is 48.1 Å². The van der Waals surface area contributed by atoms with Gasteiger partial charge in [-0.1, -0.05) is 60.7 Å². The van der Waals surface area contributed by atoms with Gasteiger partial charge in [0, 0.05) is 57.1 Å². The molecule has 1 saturated heterocycles. The molecule has 1 fully saturated rings. The number of nitrogens with zero attached hydrogens (tertiary/aromatic N) is 2. The molecule has 0 saturated carbocycles. The summed E-state index contributed by atoms with van der Waals surface area (Å²) in [5.74, 6) is -0.218. The van der Waals surface area contributed by atoms with Crippen molar-refractivity contribution in [2.24, 2.45) is 0 Å². The van der Waals surface area contributed by atoms with Gasteiger partial charge >= 0.3 is 0 Å². The fourth-order valence-electron chi connectivity index (χ4n) is 3.82. The molecule has 4 aromatic rings. The highest BCUT2D eigenvalue weighted by Crippen LogP contribution is 2.27. The maximum atomic E-state index is 13.7. The van der Waals surface area contributed by atoms with Crippen LogP contribution in [0.4, 0.5) is 0 Å².